The van der Waals surface area contributed by atoms with E-state index in [0.717, 1.165) is 5.57 Å². The van der Waals surface area contributed by atoms with Crippen LogP contribution in [-0.4, -0.2) is 26.1 Å². The molecule has 0 saturated heterocycles. The fourth-order valence-electron chi connectivity index (χ4n) is 1.04. The van der Waals surface area contributed by atoms with Gasteiger partial charge >= 0.3 is 0 Å². The Morgan fingerprint density at radius 2 is 1.70 bits per heavy atom. The summed E-state index contributed by atoms with van der Waals surface area (Å²) in [6, 6.07) is 0. The van der Waals surface area contributed by atoms with Gasteiger partial charge in [-0.3, -0.25) is 0 Å². The molecule has 0 amide bonds. The van der Waals surface area contributed by atoms with Gasteiger partial charge in [0.15, 0.2) is 8.32 Å². The summed E-state index contributed by atoms with van der Waals surface area (Å²) in [6.07, 6.45) is 1.40. The predicted octanol–water partition coefficient (Wildman–Crippen LogP) is 4.36. The molecule has 20 heavy (non-hydrogen) atoms. The lowest BCUT2D eigenvalue weighted by atomic mass is 9.89. The first-order valence-corrected chi connectivity index (χ1v) is 10.2. The lowest BCUT2D eigenvalue weighted by molar-refractivity contribution is 0.114. The number of aliphatic hydroxyl groups excluding tert-OH is 1. The van der Waals surface area contributed by atoms with E-state index in [1.807, 2.05) is 33.8 Å². The van der Waals surface area contributed by atoms with Crippen molar-refractivity contribution in [2.75, 3.05) is 6.61 Å². The standard InChI is InChI=1S/C17H32O2Si/c1-14(10-11-15(18)16(2,3)4)12-13-19-20(8,9)17(5,6)7/h12,15,18H,13H2,1-9H3/b14-12-. The molecule has 0 fully saturated rings. The molecule has 0 saturated carbocycles. The maximum Gasteiger partial charge on any atom is 0.192 e. The molecular weight excluding hydrogens is 264 g/mol. The highest BCUT2D eigenvalue weighted by Gasteiger charge is 2.36. The Balaban J connectivity index is 4.55. The van der Waals surface area contributed by atoms with E-state index >= 15 is 0 Å². The molecule has 0 rings (SSSR count). The highest BCUT2D eigenvalue weighted by Crippen LogP contribution is 2.36. The largest absolute Gasteiger partial charge is 0.413 e. The van der Waals surface area contributed by atoms with Crippen LogP contribution in [0.15, 0.2) is 11.6 Å². The molecule has 3 heteroatoms. The average molecular weight is 297 g/mol. The summed E-state index contributed by atoms with van der Waals surface area (Å²) >= 11 is 0. The van der Waals surface area contributed by atoms with Crippen molar-refractivity contribution >= 4 is 8.32 Å². The van der Waals surface area contributed by atoms with Gasteiger partial charge in [0.2, 0.25) is 0 Å². The topological polar surface area (TPSA) is 29.5 Å². The fourth-order valence-corrected chi connectivity index (χ4v) is 1.97. The minimum Gasteiger partial charge on any atom is -0.413 e. The predicted molar refractivity (Wildman–Crippen MR) is 90.1 cm³/mol. The van der Waals surface area contributed by atoms with Crippen molar-refractivity contribution in [3.8, 4) is 11.8 Å². The van der Waals surface area contributed by atoms with Gasteiger partial charge in [0.25, 0.3) is 0 Å². The van der Waals surface area contributed by atoms with Gasteiger partial charge in [-0.25, -0.2) is 0 Å². The van der Waals surface area contributed by atoms with E-state index in [2.05, 4.69) is 45.7 Å². The second-order valence-corrected chi connectivity index (χ2v) is 12.8. The van der Waals surface area contributed by atoms with Crippen LogP contribution in [0.3, 0.4) is 0 Å². The Bertz CT molecular complexity index is 397. The van der Waals surface area contributed by atoms with Gasteiger partial charge in [0.1, 0.15) is 6.10 Å². The van der Waals surface area contributed by atoms with E-state index in [4.69, 9.17) is 4.43 Å². The SMILES string of the molecule is C/C(C#CC(O)C(C)(C)C)=C/CO[Si](C)(C)C(C)(C)C. The first kappa shape index (κ1) is 19.4. The third kappa shape index (κ3) is 6.74. The monoisotopic (exact) mass is 296 g/mol. The number of allylic oxidation sites excluding steroid dienone is 1. The summed E-state index contributed by atoms with van der Waals surface area (Å²) in [4.78, 5) is 0. The second kappa shape index (κ2) is 6.93. The Morgan fingerprint density at radius 3 is 2.10 bits per heavy atom. The molecule has 0 aromatic rings. The molecular formula is C17H32O2Si. The number of rotatable bonds is 3. The Labute approximate surface area is 126 Å². The number of hydrogen-bond acceptors (Lipinski definition) is 2. The zero-order valence-electron chi connectivity index (χ0n) is 14.7. The molecule has 0 heterocycles. The Kier molecular flexibility index (Phi) is 6.74. The quantitative estimate of drug-likeness (QED) is 0.619. The van der Waals surface area contributed by atoms with Gasteiger partial charge in [-0.2, -0.15) is 0 Å². The van der Waals surface area contributed by atoms with Crippen LogP contribution in [0.4, 0.5) is 0 Å². The van der Waals surface area contributed by atoms with Crippen molar-refractivity contribution in [3.63, 3.8) is 0 Å². The van der Waals surface area contributed by atoms with Crippen LogP contribution in [-0.2, 0) is 4.43 Å². The lowest BCUT2D eigenvalue weighted by Gasteiger charge is -2.35. The van der Waals surface area contributed by atoms with Crippen LogP contribution in [0.2, 0.25) is 18.1 Å². The molecule has 0 aliphatic heterocycles. The zero-order valence-corrected chi connectivity index (χ0v) is 15.7. The highest BCUT2D eigenvalue weighted by molar-refractivity contribution is 6.74. The number of aliphatic hydroxyl groups is 1. The van der Waals surface area contributed by atoms with E-state index in [-0.39, 0.29) is 10.5 Å². The van der Waals surface area contributed by atoms with Gasteiger partial charge in [-0.15, -0.1) is 0 Å². The van der Waals surface area contributed by atoms with Gasteiger partial charge in [0, 0.05) is 0 Å². The molecule has 1 unspecified atom stereocenters. The maximum absolute atomic E-state index is 9.87. The van der Waals surface area contributed by atoms with Crippen LogP contribution in [0.5, 0.6) is 0 Å². The molecule has 0 radical (unpaired) electrons. The minimum atomic E-state index is -1.69. The van der Waals surface area contributed by atoms with Crippen molar-refractivity contribution < 1.29 is 9.53 Å². The van der Waals surface area contributed by atoms with Gasteiger partial charge in [-0.1, -0.05) is 53.4 Å². The van der Waals surface area contributed by atoms with Crippen LogP contribution in [0.25, 0.3) is 0 Å². The molecule has 0 bridgehead atoms. The summed E-state index contributed by atoms with van der Waals surface area (Å²) in [5.74, 6) is 5.90. The van der Waals surface area contributed by atoms with Crippen molar-refractivity contribution in [3.05, 3.63) is 11.6 Å². The van der Waals surface area contributed by atoms with E-state index in [0.29, 0.717) is 6.61 Å². The third-order valence-corrected chi connectivity index (χ3v) is 8.37. The summed E-state index contributed by atoms with van der Waals surface area (Å²) in [5, 5.41) is 10.1. The molecule has 0 spiro atoms. The van der Waals surface area contributed by atoms with Crippen LogP contribution >= 0.6 is 0 Å². The smallest absolute Gasteiger partial charge is 0.192 e. The molecule has 116 valence electrons. The first-order chi connectivity index (χ1) is 8.77. The summed E-state index contributed by atoms with van der Waals surface area (Å²) in [7, 11) is -1.69. The van der Waals surface area contributed by atoms with Crippen molar-refractivity contribution in [2.24, 2.45) is 5.41 Å². The second-order valence-electron chi connectivity index (χ2n) is 8.00. The molecule has 2 nitrogen and oxygen atoms in total. The van der Waals surface area contributed by atoms with Crippen LogP contribution in [0.1, 0.15) is 48.5 Å². The molecule has 0 aliphatic carbocycles. The normalized spacial score (nSPS) is 15.6. The Morgan fingerprint density at radius 1 is 1.20 bits per heavy atom. The van der Waals surface area contributed by atoms with Crippen LogP contribution < -0.4 is 0 Å². The minimum absolute atomic E-state index is 0.203. The van der Waals surface area contributed by atoms with E-state index < -0.39 is 14.4 Å². The average Bonchev–Trinajstić information content (AvgIpc) is 2.22. The van der Waals surface area contributed by atoms with Crippen molar-refractivity contribution in [1.29, 1.82) is 0 Å². The van der Waals surface area contributed by atoms with Gasteiger partial charge in [-0.05, 0) is 42.1 Å². The van der Waals surface area contributed by atoms with Gasteiger partial charge in [0.05, 0.1) is 6.61 Å². The van der Waals surface area contributed by atoms with Crippen molar-refractivity contribution in [1.82, 2.24) is 0 Å². The van der Waals surface area contributed by atoms with E-state index in [1.165, 1.54) is 0 Å². The van der Waals surface area contributed by atoms with Crippen molar-refractivity contribution in [2.45, 2.75) is 72.7 Å². The zero-order chi connectivity index (χ0) is 16.2. The fraction of sp³-hybridized carbons (Fsp3) is 0.765. The van der Waals surface area contributed by atoms with E-state index in [1.54, 1.807) is 0 Å². The highest BCUT2D eigenvalue weighted by atomic mass is 28.4. The summed E-state index contributed by atoms with van der Waals surface area (Å²) < 4.78 is 6.07. The first-order valence-electron chi connectivity index (χ1n) is 7.28. The molecule has 0 aromatic heterocycles. The molecule has 0 aromatic carbocycles. The molecule has 1 N–H and O–H groups in total. The van der Waals surface area contributed by atoms with Gasteiger partial charge < -0.3 is 9.53 Å². The maximum atomic E-state index is 9.87. The lowest BCUT2D eigenvalue weighted by Crippen LogP contribution is -2.40. The third-order valence-electron chi connectivity index (χ3n) is 3.87. The number of hydrogen-bond donors (Lipinski definition) is 1. The molecule has 1 atom stereocenters. The van der Waals surface area contributed by atoms with E-state index in [9.17, 15) is 5.11 Å². The summed E-state index contributed by atoms with van der Waals surface area (Å²) in [5.41, 5.74) is 0.747. The summed E-state index contributed by atoms with van der Waals surface area (Å²) in [6.45, 7) is 19.7. The Hall–Kier alpha value is -0.563. The van der Waals surface area contributed by atoms with Crippen LogP contribution in [0, 0.1) is 17.3 Å². The molecule has 0 aliphatic rings.